The van der Waals surface area contributed by atoms with Gasteiger partial charge in [-0.2, -0.15) is 5.26 Å². The summed E-state index contributed by atoms with van der Waals surface area (Å²) in [6, 6.07) is 3.35. The van der Waals surface area contributed by atoms with Crippen LogP contribution in [0.1, 0.15) is 12.5 Å². The lowest BCUT2D eigenvalue weighted by molar-refractivity contribution is 0.340. The summed E-state index contributed by atoms with van der Waals surface area (Å²) < 4.78 is 5.19. The Hall–Kier alpha value is -1.11. The minimum absolute atomic E-state index is 0.166. The first-order chi connectivity index (χ1) is 6.61. The molecule has 1 rings (SSSR count). The quantitative estimate of drug-likeness (QED) is 0.796. The van der Waals surface area contributed by atoms with Gasteiger partial charge in [-0.25, -0.2) is 0 Å². The maximum Gasteiger partial charge on any atom is 0.157 e. The average Bonchev–Trinajstić information content (AvgIpc) is 2.12. The van der Waals surface area contributed by atoms with E-state index in [0.29, 0.717) is 17.4 Å². The first kappa shape index (κ1) is 11.0. The van der Waals surface area contributed by atoms with Crippen LogP contribution in [-0.4, -0.2) is 6.61 Å². The molecule has 0 aliphatic heterocycles. The molecule has 0 fully saturated rings. The second kappa shape index (κ2) is 4.41. The zero-order valence-electron chi connectivity index (χ0n) is 7.47. The number of halogens is 2. The van der Waals surface area contributed by atoms with Crippen LogP contribution in [0.3, 0.4) is 0 Å². The van der Waals surface area contributed by atoms with E-state index in [-0.39, 0.29) is 16.3 Å². The van der Waals surface area contributed by atoms with E-state index in [4.69, 9.17) is 38.9 Å². The van der Waals surface area contributed by atoms with Crippen LogP contribution in [0.25, 0.3) is 0 Å². The van der Waals surface area contributed by atoms with Gasteiger partial charge in [-0.1, -0.05) is 23.2 Å². The topological polar surface area (TPSA) is 59.0 Å². The molecule has 0 aromatic heterocycles. The van der Waals surface area contributed by atoms with Gasteiger partial charge in [0.2, 0.25) is 0 Å². The third-order valence-electron chi connectivity index (χ3n) is 1.61. The molecule has 0 unspecified atom stereocenters. The maximum atomic E-state index is 8.77. The molecule has 0 bridgehead atoms. The molecule has 14 heavy (non-hydrogen) atoms. The number of anilines is 1. The number of hydrogen-bond acceptors (Lipinski definition) is 3. The summed E-state index contributed by atoms with van der Waals surface area (Å²) in [6.45, 7) is 2.23. The maximum absolute atomic E-state index is 8.77. The van der Waals surface area contributed by atoms with Gasteiger partial charge in [0, 0.05) is 0 Å². The lowest BCUT2D eigenvalue weighted by Crippen LogP contribution is -1.98. The first-order valence-corrected chi connectivity index (χ1v) is 4.67. The van der Waals surface area contributed by atoms with Gasteiger partial charge < -0.3 is 10.5 Å². The summed E-state index contributed by atoms with van der Waals surface area (Å²) in [5.74, 6) is 0.307. The van der Waals surface area contributed by atoms with Gasteiger partial charge in [0.15, 0.2) is 5.75 Å². The normalized spacial score (nSPS) is 9.57. The van der Waals surface area contributed by atoms with E-state index >= 15 is 0 Å². The predicted molar refractivity (Wildman–Crippen MR) is 56.8 cm³/mol. The fraction of sp³-hybridized carbons (Fsp3) is 0.222. The second-order valence-corrected chi connectivity index (χ2v) is 3.30. The zero-order valence-corrected chi connectivity index (χ0v) is 8.99. The van der Waals surface area contributed by atoms with Crippen molar-refractivity contribution in [2.75, 3.05) is 12.3 Å². The standard InChI is InChI=1S/C9H8Cl2N2O/c1-2-14-9-6(10)3-7(13)5(4-12)8(9)11/h3H,2,13H2,1H3. The van der Waals surface area contributed by atoms with Crippen molar-refractivity contribution in [3.8, 4) is 11.8 Å². The highest BCUT2D eigenvalue weighted by atomic mass is 35.5. The monoisotopic (exact) mass is 230 g/mol. The molecule has 0 heterocycles. The van der Waals surface area contributed by atoms with E-state index in [9.17, 15) is 0 Å². The smallest absolute Gasteiger partial charge is 0.157 e. The van der Waals surface area contributed by atoms with Crippen LogP contribution < -0.4 is 10.5 Å². The molecule has 0 spiro atoms. The number of nitrogens with two attached hydrogens (primary N) is 1. The van der Waals surface area contributed by atoms with Crippen molar-refractivity contribution in [2.24, 2.45) is 0 Å². The van der Waals surface area contributed by atoms with Crippen LogP contribution in [0.15, 0.2) is 6.07 Å². The van der Waals surface area contributed by atoms with Crippen LogP contribution in [-0.2, 0) is 0 Å². The van der Waals surface area contributed by atoms with Crippen LogP contribution in [0.2, 0.25) is 10.0 Å². The molecule has 0 saturated carbocycles. The first-order valence-electron chi connectivity index (χ1n) is 3.92. The molecule has 2 N–H and O–H groups in total. The number of nitrogen functional groups attached to an aromatic ring is 1. The molecule has 5 heteroatoms. The van der Waals surface area contributed by atoms with Crippen LogP contribution in [0.4, 0.5) is 5.69 Å². The number of hydrogen-bond donors (Lipinski definition) is 1. The molecule has 0 atom stereocenters. The van der Waals surface area contributed by atoms with Crippen molar-refractivity contribution in [1.29, 1.82) is 5.26 Å². The van der Waals surface area contributed by atoms with E-state index < -0.39 is 0 Å². The Kier molecular flexibility index (Phi) is 3.45. The average molecular weight is 231 g/mol. The van der Waals surface area contributed by atoms with E-state index in [1.54, 1.807) is 6.92 Å². The molecule has 0 aliphatic carbocycles. The fourth-order valence-corrected chi connectivity index (χ4v) is 1.63. The van der Waals surface area contributed by atoms with Gasteiger partial charge in [-0.05, 0) is 13.0 Å². The molecular weight excluding hydrogens is 223 g/mol. The van der Waals surface area contributed by atoms with Gasteiger partial charge >= 0.3 is 0 Å². The van der Waals surface area contributed by atoms with Crippen molar-refractivity contribution in [3.63, 3.8) is 0 Å². The van der Waals surface area contributed by atoms with Crippen molar-refractivity contribution in [3.05, 3.63) is 21.7 Å². The van der Waals surface area contributed by atoms with Crippen molar-refractivity contribution >= 4 is 28.9 Å². The Bertz CT molecular complexity index is 399. The van der Waals surface area contributed by atoms with Gasteiger partial charge in [0.1, 0.15) is 11.1 Å². The number of rotatable bonds is 2. The second-order valence-electron chi connectivity index (χ2n) is 2.51. The van der Waals surface area contributed by atoms with Crippen LogP contribution in [0, 0.1) is 11.3 Å². The third kappa shape index (κ3) is 1.87. The van der Waals surface area contributed by atoms with Gasteiger partial charge in [-0.15, -0.1) is 0 Å². The Labute approximate surface area is 92.0 Å². The van der Waals surface area contributed by atoms with Crippen LogP contribution in [0.5, 0.6) is 5.75 Å². The molecule has 3 nitrogen and oxygen atoms in total. The summed E-state index contributed by atoms with van der Waals surface area (Å²) >= 11 is 11.7. The Balaban J connectivity index is 3.38. The summed E-state index contributed by atoms with van der Waals surface area (Å²) in [5, 5.41) is 9.25. The summed E-state index contributed by atoms with van der Waals surface area (Å²) in [4.78, 5) is 0. The molecule has 0 aliphatic rings. The van der Waals surface area contributed by atoms with Gasteiger partial charge in [-0.3, -0.25) is 0 Å². The molecule has 1 aromatic rings. The van der Waals surface area contributed by atoms with E-state index in [1.807, 2.05) is 6.07 Å². The van der Waals surface area contributed by atoms with Crippen molar-refractivity contribution < 1.29 is 4.74 Å². The molecule has 0 saturated heterocycles. The Morgan fingerprint density at radius 1 is 1.57 bits per heavy atom. The predicted octanol–water partition coefficient (Wildman–Crippen LogP) is 2.85. The fourth-order valence-electron chi connectivity index (χ4n) is 1.01. The molecule has 0 radical (unpaired) electrons. The molecule has 74 valence electrons. The molecule has 0 amide bonds. The highest BCUT2D eigenvalue weighted by Gasteiger charge is 2.14. The number of benzene rings is 1. The molecule has 1 aromatic carbocycles. The minimum atomic E-state index is 0.166. The lowest BCUT2D eigenvalue weighted by atomic mass is 10.2. The SMILES string of the molecule is CCOc1c(Cl)cc(N)c(C#N)c1Cl. The Morgan fingerprint density at radius 3 is 2.71 bits per heavy atom. The number of nitriles is 1. The van der Waals surface area contributed by atoms with Gasteiger partial charge in [0.05, 0.1) is 22.9 Å². The summed E-state index contributed by atoms with van der Waals surface area (Å²) in [5.41, 5.74) is 6.00. The van der Waals surface area contributed by atoms with Crippen molar-refractivity contribution in [2.45, 2.75) is 6.92 Å². The lowest BCUT2D eigenvalue weighted by Gasteiger charge is -2.10. The minimum Gasteiger partial charge on any atom is -0.491 e. The number of ether oxygens (including phenoxy) is 1. The highest BCUT2D eigenvalue weighted by molar-refractivity contribution is 6.38. The third-order valence-corrected chi connectivity index (χ3v) is 2.25. The summed E-state index contributed by atoms with van der Waals surface area (Å²) in [6.07, 6.45) is 0. The Morgan fingerprint density at radius 2 is 2.21 bits per heavy atom. The van der Waals surface area contributed by atoms with Crippen molar-refractivity contribution in [1.82, 2.24) is 0 Å². The highest BCUT2D eigenvalue weighted by Crippen LogP contribution is 2.38. The van der Waals surface area contributed by atoms with Gasteiger partial charge in [0.25, 0.3) is 0 Å². The van der Waals surface area contributed by atoms with E-state index in [0.717, 1.165) is 0 Å². The largest absolute Gasteiger partial charge is 0.491 e. The van der Waals surface area contributed by atoms with E-state index in [2.05, 4.69) is 0 Å². The van der Waals surface area contributed by atoms with Crippen LogP contribution >= 0.6 is 23.2 Å². The summed E-state index contributed by atoms with van der Waals surface area (Å²) in [7, 11) is 0. The number of nitrogens with zero attached hydrogens (tertiary/aromatic N) is 1. The zero-order chi connectivity index (χ0) is 10.7. The molecular formula is C9H8Cl2N2O. The van der Waals surface area contributed by atoms with E-state index in [1.165, 1.54) is 6.07 Å².